The fourth-order valence-electron chi connectivity index (χ4n) is 2.53. The Morgan fingerprint density at radius 2 is 1.10 bits per heavy atom. The van der Waals surface area contributed by atoms with Crippen molar-refractivity contribution in [3.63, 3.8) is 0 Å². The van der Waals surface area contributed by atoms with E-state index in [-0.39, 0.29) is 11.1 Å². The van der Waals surface area contributed by atoms with Gasteiger partial charge in [-0.3, -0.25) is 20.2 Å². The van der Waals surface area contributed by atoms with Crippen molar-refractivity contribution < 1.29 is 9.85 Å². The fraction of sp³-hybridized carbons (Fsp3) is 0.200. The molecule has 0 aliphatic rings. The molecule has 0 bridgehead atoms. The summed E-state index contributed by atoms with van der Waals surface area (Å²) in [5, 5.41) is 23.5. The number of hydrogen-bond donors (Lipinski definition) is 0. The van der Waals surface area contributed by atoms with Gasteiger partial charge in [-0.1, -0.05) is 36.4 Å². The number of nitro groups is 2. The molecule has 0 radical (unpaired) electrons. The molecule has 0 spiro atoms. The molecule has 0 saturated carbocycles. The van der Waals surface area contributed by atoms with Crippen molar-refractivity contribution in [1.82, 2.24) is 0 Å². The van der Waals surface area contributed by atoms with Crippen LogP contribution in [-0.2, 0) is 5.66 Å². The van der Waals surface area contributed by atoms with Gasteiger partial charge in [-0.25, -0.2) is 0 Å². The number of hydrogen-bond acceptors (Lipinski definition) is 4. The predicted molar refractivity (Wildman–Crippen MR) is 77.1 cm³/mol. The highest BCUT2D eigenvalue weighted by atomic mass is 16.7. The van der Waals surface area contributed by atoms with Gasteiger partial charge < -0.3 is 0 Å². The van der Waals surface area contributed by atoms with E-state index in [9.17, 15) is 20.2 Å². The third-order valence-corrected chi connectivity index (χ3v) is 3.57. The van der Waals surface area contributed by atoms with Crippen molar-refractivity contribution in [3.8, 4) is 0 Å². The summed E-state index contributed by atoms with van der Waals surface area (Å²) < 4.78 is 0. The minimum atomic E-state index is -2.49. The summed E-state index contributed by atoms with van der Waals surface area (Å²) in [6.07, 6.45) is 0. The first-order valence-corrected chi connectivity index (χ1v) is 6.33. The zero-order valence-corrected chi connectivity index (χ0v) is 11.6. The quantitative estimate of drug-likeness (QED) is 0.491. The standard InChI is InChI=1S/C15H14N2O4/c1-11-7-3-5-9-13(11)15(16(18)19,17(20)21)14-10-6-4-8-12(14)2/h3-10H,1-2H3. The van der Waals surface area contributed by atoms with E-state index in [1.165, 1.54) is 12.1 Å². The van der Waals surface area contributed by atoms with Crippen molar-refractivity contribution >= 4 is 0 Å². The number of aryl methyl sites for hydroxylation is 2. The van der Waals surface area contributed by atoms with Gasteiger partial charge in [-0.2, -0.15) is 0 Å². The van der Waals surface area contributed by atoms with E-state index in [1.807, 2.05) is 0 Å². The van der Waals surface area contributed by atoms with Gasteiger partial charge in [-0.15, -0.1) is 0 Å². The smallest absolute Gasteiger partial charge is 0.258 e. The summed E-state index contributed by atoms with van der Waals surface area (Å²) in [6, 6.07) is 12.7. The van der Waals surface area contributed by atoms with Gasteiger partial charge in [0.1, 0.15) is 21.0 Å². The van der Waals surface area contributed by atoms with Crippen LogP contribution in [0.1, 0.15) is 22.3 Å². The van der Waals surface area contributed by atoms with Crippen molar-refractivity contribution in [3.05, 3.63) is 91.0 Å². The molecule has 2 rings (SSSR count). The Balaban J connectivity index is 2.91. The zero-order valence-electron chi connectivity index (χ0n) is 11.6. The summed E-state index contributed by atoms with van der Waals surface area (Å²) in [7, 11) is 0. The van der Waals surface area contributed by atoms with E-state index in [1.54, 1.807) is 50.2 Å². The lowest BCUT2D eigenvalue weighted by Gasteiger charge is -2.20. The van der Waals surface area contributed by atoms with E-state index in [0.717, 1.165) is 0 Å². The summed E-state index contributed by atoms with van der Waals surface area (Å²) in [6.45, 7) is 3.27. The molecule has 0 fully saturated rings. The SMILES string of the molecule is Cc1ccccc1C(c1ccccc1C)([N+](=O)[O-])[N+](=O)[O-]. The normalized spacial score (nSPS) is 11.1. The average molecular weight is 286 g/mol. The molecule has 0 atom stereocenters. The molecule has 2 aromatic rings. The van der Waals surface area contributed by atoms with E-state index in [2.05, 4.69) is 0 Å². The van der Waals surface area contributed by atoms with Crippen molar-refractivity contribution in [2.75, 3.05) is 0 Å². The molecule has 0 aliphatic heterocycles. The Morgan fingerprint density at radius 1 is 0.762 bits per heavy atom. The number of benzene rings is 2. The Bertz CT molecular complexity index is 651. The summed E-state index contributed by atoms with van der Waals surface area (Å²) in [5.74, 6) is 0. The van der Waals surface area contributed by atoms with E-state index in [0.29, 0.717) is 11.1 Å². The molecule has 0 saturated heterocycles. The lowest BCUT2D eigenvalue weighted by molar-refractivity contribution is -0.796. The fourth-order valence-corrected chi connectivity index (χ4v) is 2.53. The lowest BCUT2D eigenvalue weighted by Crippen LogP contribution is -2.45. The molecular formula is C15H14N2O4. The molecule has 6 nitrogen and oxygen atoms in total. The minimum absolute atomic E-state index is 0.0781. The van der Waals surface area contributed by atoms with E-state index >= 15 is 0 Å². The molecule has 2 aromatic carbocycles. The van der Waals surface area contributed by atoms with Crippen LogP contribution in [0.2, 0.25) is 0 Å². The van der Waals surface area contributed by atoms with Crippen LogP contribution in [-0.4, -0.2) is 9.85 Å². The first-order chi connectivity index (χ1) is 9.92. The molecular weight excluding hydrogens is 272 g/mol. The maximum atomic E-state index is 11.7. The Labute approximate surface area is 121 Å². The molecule has 0 amide bonds. The van der Waals surface area contributed by atoms with Gasteiger partial charge in [0.05, 0.1) is 0 Å². The van der Waals surface area contributed by atoms with Crippen LogP contribution in [0.15, 0.2) is 48.5 Å². The maximum absolute atomic E-state index is 11.7. The van der Waals surface area contributed by atoms with Crippen LogP contribution < -0.4 is 0 Å². The largest absolute Gasteiger partial charge is 0.510 e. The van der Waals surface area contributed by atoms with Crippen molar-refractivity contribution in [2.24, 2.45) is 0 Å². The van der Waals surface area contributed by atoms with Crippen LogP contribution in [0, 0.1) is 34.1 Å². The molecule has 0 N–H and O–H groups in total. The molecule has 0 aliphatic carbocycles. The predicted octanol–water partition coefficient (Wildman–Crippen LogP) is 3.06. The van der Waals surface area contributed by atoms with Crippen LogP contribution in [0.5, 0.6) is 0 Å². The summed E-state index contributed by atoms with van der Waals surface area (Å²) in [4.78, 5) is 21.8. The highest BCUT2D eigenvalue weighted by molar-refractivity contribution is 5.41. The first kappa shape index (κ1) is 14.6. The highest BCUT2D eigenvalue weighted by Gasteiger charge is 2.61. The molecule has 0 heterocycles. The Morgan fingerprint density at radius 3 is 1.38 bits per heavy atom. The number of rotatable bonds is 4. The Hall–Kier alpha value is -2.76. The van der Waals surface area contributed by atoms with Gasteiger partial charge in [0.2, 0.25) is 0 Å². The van der Waals surface area contributed by atoms with Crippen LogP contribution in [0.25, 0.3) is 0 Å². The van der Waals surface area contributed by atoms with Gasteiger partial charge >= 0.3 is 5.66 Å². The van der Waals surface area contributed by atoms with E-state index < -0.39 is 15.5 Å². The number of nitrogens with zero attached hydrogens (tertiary/aromatic N) is 2. The monoisotopic (exact) mass is 286 g/mol. The Kier molecular flexibility index (Phi) is 3.71. The van der Waals surface area contributed by atoms with Crippen LogP contribution in [0.3, 0.4) is 0 Å². The summed E-state index contributed by atoms with van der Waals surface area (Å²) >= 11 is 0. The van der Waals surface area contributed by atoms with Gasteiger partial charge in [0.15, 0.2) is 0 Å². The average Bonchev–Trinajstić information content (AvgIpc) is 2.42. The molecule has 0 unspecified atom stereocenters. The highest BCUT2D eigenvalue weighted by Crippen LogP contribution is 2.37. The molecule has 6 heteroatoms. The van der Waals surface area contributed by atoms with E-state index in [4.69, 9.17) is 0 Å². The summed E-state index contributed by atoms with van der Waals surface area (Å²) in [5.41, 5.74) is -1.32. The molecule has 0 aromatic heterocycles. The third-order valence-electron chi connectivity index (χ3n) is 3.57. The van der Waals surface area contributed by atoms with Crippen LogP contribution in [0.4, 0.5) is 0 Å². The third kappa shape index (κ3) is 2.14. The minimum Gasteiger partial charge on any atom is -0.258 e. The zero-order chi connectivity index (χ0) is 15.6. The van der Waals surface area contributed by atoms with Crippen molar-refractivity contribution in [1.29, 1.82) is 0 Å². The van der Waals surface area contributed by atoms with Gasteiger partial charge in [0.25, 0.3) is 0 Å². The van der Waals surface area contributed by atoms with Crippen LogP contribution >= 0.6 is 0 Å². The second kappa shape index (κ2) is 5.32. The second-order valence-corrected chi connectivity index (χ2v) is 4.82. The maximum Gasteiger partial charge on any atom is 0.510 e. The molecule has 108 valence electrons. The van der Waals surface area contributed by atoms with Gasteiger partial charge in [-0.05, 0) is 37.1 Å². The first-order valence-electron chi connectivity index (χ1n) is 6.33. The topological polar surface area (TPSA) is 86.3 Å². The van der Waals surface area contributed by atoms with Crippen molar-refractivity contribution in [2.45, 2.75) is 19.5 Å². The molecule has 21 heavy (non-hydrogen) atoms. The van der Waals surface area contributed by atoms with Gasteiger partial charge in [0, 0.05) is 0 Å². The lowest BCUT2D eigenvalue weighted by atomic mass is 9.87. The second-order valence-electron chi connectivity index (χ2n) is 4.82.